The Balaban J connectivity index is 1.30. The van der Waals surface area contributed by atoms with Gasteiger partial charge in [0, 0.05) is 38.3 Å². The van der Waals surface area contributed by atoms with Crippen LogP contribution in [0, 0.1) is 0 Å². The maximum atomic E-state index is 14.1. The van der Waals surface area contributed by atoms with Gasteiger partial charge in [0.05, 0.1) is 30.3 Å². The molecule has 2 aromatic heterocycles. The molecule has 10 nitrogen and oxygen atoms in total. The predicted octanol–water partition coefficient (Wildman–Crippen LogP) is 2.43. The van der Waals surface area contributed by atoms with Gasteiger partial charge < -0.3 is 25.2 Å². The third-order valence-electron chi connectivity index (χ3n) is 7.53. The number of para-hydroxylation sites is 2. The number of morpholine rings is 1. The van der Waals surface area contributed by atoms with E-state index < -0.39 is 6.43 Å². The summed E-state index contributed by atoms with van der Waals surface area (Å²) in [5.74, 6) is 1.26. The van der Waals surface area contributed by atoms with Gasteiger partial charge in [0.15, 0.2) is 5.82 Å². The molecule has 0 saturated carbocycles. The number of carbonyl (C=O) groups is 1. The Kier molecular flexibility index (Phi) is 7.07. The molecule has 3 aliphatic rings. The van der Waals surface area contributed by atoms with E-state index in [0.717, 1.165) is 32.2 Å². The van der Waals surface area contributed by atoms with Gasteiger partial charge >= 0.3 is 0 Å². The van der Waals surface area contributed by atoms with Crippen LogP contribution in [0.3, 0.4) is 0 Å². The average Bonchev–Trinajstić information content (AvgIpc) is 3.63. The van der Waals surface area contributed by atoms with Crippen LogP contribution >= 0.6 is 0 Å². The molecule has 1 aromatic carbocycles. The molecule has 6 rings (SSSR count). The molecule has 1 atom stereocenters. The van der Waals surface area contributed by atoms with Crippen molar-refractivity contribution >= 4 is 28.7 Å². The molecule has 12 heteroatoms. The molecule has 38 heavy (non-hydrogen) atoms. The zero-order chi connectivity index (χ0) is 26.1. The number of imidazole rings is 1. The van der Waals surface area contributed by atoms with E-state index in [1.54, 1.807) is 30.3 Å². The summed E-state index contributed by atoms with van der Waals surface area (Å²) in [6.07, 6.45) is 0.697. The number of rotatable bonds is 6. The maximum Gasteiger partial charge on any atom is 0.296 e. The molecule has 2 N–H and O–H groups in total. The van der Waals surface area contributed by atoms with Gasteiger partial charge in [-0.1, -0.05) is 12.1 Å². The second-order valence-electron chi connectivity index (χ2n) is 10.00. The lowest BCUT2D eigenvalue weighted by molar-refractivity contribution is -0.123. The molecule has 0 radical (unpaired) electrons. The van der Waals surface area contributed by atoms with Gasteiger partial charge in [-0.3, -0.25) is 9.36 Å². The van der Waals surface area contributed by atoms with Gasteiger partial charge in [0.1, 0.15) is 11.6 Å². The van der Waals surface area contributed by atoms with Gasteiger partial charge in [-0.2, -0.15) is 9.97 Å². The minimum Gasteiger partial charge on any atom is -0.378 e. The molecule has 3 aromatic rings. The molecule has 202 valence electrons. The SMILES string of the molecule is O=C(NC1CCN(c2cc(-n3c(C(F)F)nc4ccccc43)nc(N3CCOCC3)n2)CC1)[C@@H]1CCCN1. The highest BCUT2D eigenvalue weighted by Gasteiger charge is 2.29. The largest absolute Gasteiger partial charge is 0.378 e. The average molecular weight is 527 g/mol. The summed E-state index contributed by atoms with van der Waals surface area (Å²) < 4.78 is 35.2. The fourth-order valence-corrected chi connectivity index (χ4v) is 5.49. The number of piperidine rings is 1. The summed E-state index contributed by atoms with van der Waals surface area (Å²) in [5, 5.41) is 6.44. The van der Waals surface area contributed by atoms with Gasteiger partial charge in [0.25, 0.3) is 6.43 Å². The summed E-state index contributed by atoms with van der Waals surface area (Å²) in [6.45, 7) is 4.62. The van der Waals surface area contributed by atoms with Crippen molar-refractivity contribution in [3.05, 3.63) is 36.2 Å². The number of fused-ring (bicyclic) bond motifs is 1. The van der Waals surface area contributed by atoms with Gasteiger partial charge in [-0.15, -0.1) is 0 Å². The number of hydrogen-bond acceptors (Lipinski definition) is 8. The van der Waals surface area contributed by atoms with E-state index in [2.05, 4.69) is 20.5 Å². The summed E-state index contributed by atoms with van der Waals surface area (Å²) >= 11 is 0. The lowest BCUT2D eigenvalue weighted by Gasteiger charge is -2.34. The zero-order valence-corrected chi connectivity index (χ0v) is 21.2. The third kappa shape index (κ3) is 5.02. The number of amides is 1. The van der Waals surface area contributed by atoms with E-state index in [-0.39, 0.29) is 23.8 Å². The molecule has 3 aliphatic heterocycles. The van der Waals surface area contributed by atoms with Crippen molar-refractivity contribution in [3.8, 4) is 5.82 Å². The van der Waals surface area contributed by atoms with E-state index in [0.29, 0.717) is 68.0 Å². The number of halogens is 2. The van der Waals surface area contributed by atoms with Crippen LogP contribution in [0.5, 0.6) is 0 Å². The molecule has 1 amide bonds. The minimum absolute atomic E-state index is 0.0754. The first-order valence-electron chi connectivity index (χ1n) is 13.3. The third-order valence-corrected chi connectivity index (χ3v) is 7.53. The second-order valence-corrected chi connectivity index (χ2v) is 10.00. The molecular weight excluding hydrogens is 494 g/mol. The summed E-state index contributed by atoms with van der Waals surface area (Å²) in [6, 6.07) is 8.87. The first-order chi connectivity index (χ1) is 18.6. The lowest BCUT2D eigenvalue weighted by atomic mass is 10.0. The van der Waals surface area contributed by atoms with Crippen LogP contribution in [-0.4, -0.2) is 83.4 Å². The van der Waals surface area contributed by atoms with Crippen LogP contribution in [0.25, 0.3) is 16.9 Å². The highest BCUT2D eigenvalue weighted by atomic mass is 19.3. The molecular formula is C26H32F2N8O2. The van der Waals surface area contributed by atoms with Gasteiger partial charge in [0.2, 0.25) is 11.9 Å². The Morgan fingerprint density at radius 2 is 1.76 bits per heavy atom. The van der Waals surface area contributed by atoms with Crippen molar-refractivity contribution in [2.45, 2.75) is 44.2 Å². The van der Waals surface area contributed by atoms with Gasteiger partial charge in [-0.25, -0.2) is 13.8 Å². The number of carbonyl (C=O) groups excluding carboxylic acids is 1. The summed E-state index contributed by atoms with van der Waals surface area (Å²) in [4.78, 5) is 30.5. The molecule has 0 unspecified atom stereocenters. The molecule has 5 heterocycles. The van der Waals surface area contributed by atoms with Crippen LogP contribution in [0.15, 0.2) is 30.3 Å². The van der Waals surface area contributed by atoms with Crippen LogP contribution in [-0.2, 0) is 9.53 Å². The van der Waals surface area contributed by atoms with E-state index in [1.807, 2.05) is 4.90 Å². The molecule has 3 fully saturated rings. The summed E-state index contributed by atoms with van der Waals surface area (Å²) in [5.41, 5.74) is 1.06. The van der Waals surface area contributed by atoms with Crippen LogP contribution in [0.2, 0.25) is 0 Å². The monoisotopic (exact) mass is 526 g/mol. The van der Waals surface area contributed by atoms with E-state index >= 15 is 0 Å². The minimum atomic E-state index is -2.76. The smallest absolute Gasteiger partial charge is 0.296 e. The van der Waals surface area contributed by atoms with Gasteiger partial charge in [-0.05, 0) is 44.4 Å². The van der Waals surface area contributed by atoms with Crippen molar-refractivity contribution in [1.29, 1.82) is 0 Å². The number of anilines is 2. The zero-order valence-electron chi connectivity index (χ0n) is 21.2. The number of alkyl halides is 2. The van der Waals surface area contributed by atoms with Crippen molar-refractivity contribution < 1.29 is 18.3 Å². The fraction of sp³-hybridized carbons (Fsp3) is 0.538. The van der Waals surface area contributed by atoms with E-state index in [4.69, 9.17) is 14.7 Å². The Hall–Kier alpha value is -3.38. The Labute approximate surface area is 219 Å². The second kappa shape index (κ2) is 10.8. The van der Waals surface area contributed by atoms with Crippen molar-refractivity contribution in [1.82, 2.24) is 30.2 Å². The first kappa shape index (κ1) is 24.9. The fourth-order valence-electron chi connectivity index (χ4n) is 5.49. The van der Waals surface area contributed by atoms with E-state index in [1.165, 1.54) is 4.57 Å². The Morgan fingerprint density at radius 3 is 2.50 bits per heavy atom. The van der Waals surface area contributed by atoms with Crippen molar-refractivity contribution in [2.75, 3.05) is 55.7 Å². The number of ether oxygens (including phenoxy) is 1. The summed E-state index contributed by atoms with van der Waals surface area (Å²) in [7, 11) is 0. The van der Waals surface area contributed by atoms with Crippen LogP contribution in [0.4, 0.5) is 20.5 Å². The number of hydrogen-bond donors (Lipinski definition) is 2. The number of nitrogens with zero attached hydrogens (tertiary/aromatic N) is 6. The molecule has 0 spiro atoms. The van der Waals surface area contributed by atoms with Crippen molar-refractivity contribution in [2.24, 2.45) is 0 Å². The first-order valence-corrected chi connectivity index (χ1v) is 13.3. The lowest BCUT2D eigenvalue weighted by Crippen LogP contribution is -2.49. The standard InChI is InChI=1S/C26H32F2N8O2/c27-23(28)24-31-18-4-1-2-6-20(18)36(24)22-16-21(32-26(33-22)35-12-14-38-15-13-35)34-10-7-17(8-11-34)30-25(37)19-5-3-9-29-19/h1-2,4,6,16-17,19,23,29H,3,5,7-15H2,(H,30,37)/t19-/m0/s1. The molecule has 3 saturated heterocycles. The topological polar surface area (TPSA) is 100 Å². The Bertz CT molecular complexity index is 1280. The highest BCUT2D eigenvalue weighted by molar-refractivity contribution is 5.82. The number of benzene rings is 1. The van der Waals surface area contributed by atoms with Crippen LogP contribution < -0.4 is 20.4 Å². The van der Waals surface area contributed by atoms with E-state index in [9.17, 15) is 13.6 Å². The maximum absolute atomic E-state index is 14.1. The normalized spacial score (nSPS) is 21.0. The number of aromatic nitrogens is 4. The number of nitrogens with one attached hydrogen (secondary N) is 2. The van der Waals surface area contributed by atoms with Crippen LogP contribution in [0.1, 0.15) is 37.9 Å². The Morgan fingerprint density at radius 1 is 1.00 bits per heavy atom. The van der Waals surface area contributed by atoms with Crippen molar-refractivity contribution in [3.63, 3.8) is 0 Å². The molecule has 0 aliphatic carbocycles. The predicted molar refractivity (Wildman–Crippen MR) is 139 cm³/mol. The molecule has 0 bridgehead atoms. The highest BCUT2D eigenvalue weighted by Crippen LogP contribution is 2.30. The quantitative estimate of drug-likeness (QED) is 0.505.